The molecule has 1 aromatic carbocycles. The number of amides is 3. The van der Waals surface area contributed by atoms with Crippen LogP contribution in [0.4, 0.5) is 4.79 Å². The highest BCUT2D eigenvalue weighted by Crippen LogP contribution is 2.46. The van der Waals surface area contributed by atoms with E-state index in [0.717, 1.165) is 49.1 Å². The number of carbonyl (C=O) groups is 4. The summed E-state index contributed by atoms with van der Waals surface area (Å²) in [5.41, 5.74) is 0.876. The van der Waals surface area contributed by atoms with Gasteiger partial charge in [-0.05, 0) is 62.9 Å². The molecule has 3 amide bonds. The third-order valence-electron chi connectivity index (χ3n) is 9.58. The highest BCUT2D eigenvalue weighted by Gasteiger charge is 2.62. The lowest BCUT2D eigenvalue weighted by Crippen LogP contribution is -2.55. The van der Waals surface area contributed by atoms with Crippen LogP contribution in [0.2, 0.25) is 0 Å². The minimum atomic E-state index is -1.15. The molecule has 3 aliphatic heterocycles. The standard InChI is InChI=1S/C35H51N5O7/c1-5-45-33(43)35-19-26(35)11-9-7-6-8-10-12-29(36-4)32(42)40-22-28(18-30(40)31(41)38-35)47-34(44)39-20-24-13-14-27(17-25(24)21-39)46-16-15-37-23(2)3/h9,11,13-14,17,23,26,28-30,36-37H,5-8,10,12,15-16,18-22H2,1-4H3,(H,38,41)/b11-9-/t26-,28-,29+,30+,35-/m1/s1. The summed E-state index contributed by atoms with van der Waals surface area (Å²) in [6.45, 7) is 8.28. The van der Waals surface area contributed by atoms with Crippen LogP contribution < -0.4 is 20.7 Å². The molecule has 0 spiro atoms. The summed E-state index contributed by atoms with van der Waals surface area (Å²) in [6.07, 6.45) is 7.80. The molecule has 1 aliphatic carbocycles. The number of carbonyl (C=O) groups excluding carboxylic acids is 4. The maximum absolute atomic E-state index is 13.9. The molecule has 12 nitrogen and oxygen atoms in total. The summed E-state index contributed by atoms with van der Waals surface area (Å²) in [7, 11) is 1.75. The summed E-state index contributed by atoms with van der Waals surface area (Å²) < 4.78 is 17.2. The van der Waals surface area contributed by atoms with Crippen molar-refractivity contribution in [1.29, 1.82) is 0 Å². The van der Waals surface area contributed by atoms with E-state index in [1.807, 2.05) is 24.3 Å². The lowest BCUT2D eigenvalue weighted by molar-refractivity contribution is -0.150. The van der Waals surface area contributed by atoms with E-state index in [2.05, 4.69) is 35.9 Å². The molecule has 12 heteroatoms. The Morgan fingerprint density at radius 2 is 1.94 bits per heavy atom. The SMILES string of the molecule is CCOC(=O)[C@@]12C[C@H]1/C=C\CCCCC[C@H](NC)C(=O)N1C[C@H](OC(=O)N3Cc4ccc(OCCNC(C)C)cc4C3)C[C@H]1C(=O)N2. The van der Waals surface area contributed by atoms with Crippen LogP contribution in [0.25, 0.3) is 0 Å². The van der Waals surface area contributed by atoms with Gasteiger partial charge in [-0.15, -0.1) is 0 Å². The second kappa shape index (κ2) is 15.5. The van der Waals surface area contributed by atoms with Crippen LogP contribution in [-0.2, 0) is 36.9 Å². The number of rotatable bonds is 9. The summed E-state index contributed by atoms with van der Waals surface area (Å²) in [5, 5.41) is 9.42. The Labute approximate surface area is 277 Å². The van der Waals surface area contributed by atoms with Crippen molar-refractivity contribution in [2.75, 3.05) is 33.4 Å². The van der Waals surface area contributed by atoms with Crippen molar-refractivity contribution >= 4 is 23.9 Å². The van der Waals surface area contributed by atoms with E-state index < -0.39 is 41.7 Å². The highest BCUT2D eigenvalue weighted by atomic mass is 16.6. The number of nitrogens with zero attached hydrogens (tertiary/aromatic N) is 2. The molecule has 258 valence electrons. The second-order valence-corrected chi connectivity index (χ2v) is 13.4. The Bertz CT molecular complexity index is 1340. The van der Waals surface area contributed by atoms with E-state index in [0.29, 0.717) is 38.6 Å². The van der Waals surface area contributed by atoms with E-state index in [4.69, 9.17) is 14.2 Å². The van der Waals surface area contributed by atoms with Crippen LogP contribution in [0.15, 0.2) is 30.4 Å². The van der Waals surface area contributed by atoms with Crippen molar-refractivity contribution in [3.8, 4) is 5.75 Å². The molecule has 1 saturated carbocycles. The van der Waals surface area contributed by atoms with Gasteiger partial charge in [-0.3, -0.25) is 14.5 Å². The molecule has 1 saturated heterocycles. The number of hydrogen-bond donors (Lipinski definition) is 3. The van der Waals surface area contributed by atoms with Crippen molar-refractivity contribution in [3.05, 3.63) is 41.5 Å². The van der Waals surface area contributed by atoms with Gasteiger partial charge in [0.05, 0.1) is 19.2 Å². The maximum atomic E-state index is 13.9. The molecule has 3 N–H and O–H groups in total. The smallest absolute Gasteiger partial charge is 0.410 e. The average molecular weight is 654 g/mol. The number of nitrogens with one attached hydrogen (secondary N) is 3. The van der Waals surface area contributed by atoms with E-state index >= 15 is 0 Å². The summed E-state index contributed by atoms with van der Waals surface area (Å²) in [5.74, 6) is -0.521. The average Bonchev–Trinajstić information content (AvgIpc) is 3.34. The number of ether oxygens (including phenoxy) is 3. The molecule has 4 aliphatic rings. The molecule has 0 unspecified atom stereocenters. The van der Waals surface area contributed by atoms with Crippen LogP contribution in [0.3, 0.4) is 0 Å². The van der Waals surface area contributed by atoms with Gasteiger partial charge in [0.25, 0.3) is 0 Å². The predicted octanol–water partition coefficient (Wildman–Crippen LogP) is 3.03. The number of hydrogen-bond acceptors (Lipinski definition) is 9. The van der Waals surface area contributed by atoms with Crippen molar-refractivity contribution in [2.24, 2.45) is 5.92 Å². The zero-order valence-electron chi connectivity index (χ0n) is 28.2. The lowest BCUT2D eigenvalue weighted by atomic mass is 10.1. The number of allylic oxidation sites excluding steroid dienone is 1. The van der Waals surface area contributed by atoms with Crippen LogP contribution in [0.5, 0.6) is 5.75 Å². The van der Waals surface area contributed by atoms with Gasteiger partial charge < -0.3 is 35.1 Å². The number of benzene rings is 1. The van der Waals surface area contributed by atoms with Gasteiger partial charge in [0.15, 0.2) is 0 Å². The molecule has 47 heavy (non-hydrogen) atoms. The molecule has 0 radical (unpaired) electrons. The number of likely N-dealkylation sites (N-methyl/N-ethyl adjacent to an activating group) is 1. The fraction of sp³-hybridized carbons (Fsp3) is 0.657. The van der Waals surface area contributed by atoms with Gasteiger partial charge in [0.2, 0.25) is 11.8 Å². The number of fused-ring (bicyclic) bond motifs is 3. The van der Waals surface area contributed by atoms with Crippen molar-refractivity contribution in [2.45, 2.75) is 109 Å². The van der Waals surface area contributed by atoms with Gasteiger partial charge >= 0.3 is 12.1 Å². The largest absolute Gasteiger partial charge is 0.492 e. The topological polar surface area (TPSA) is 139 Å². The molecule has 5 atom stereocenters. The van der Waals surface area contributed by atoms with Gasteiger partial charge in [0.1, 0.15) is 30.0 Å². The normalized spacial score (nSPS) is 28.4. The van der Waals surface area contributed by atoms with Crippen LogP contribution in [0.1, 0.15) is 76.8 Å². The predicted molar refractivity (Wildman–Crippen MR) is 175 cm³/mol. The maximum Gasteiger partial charge on any atom is 0.410 e. The lowest BCUT2D eigenvalue weighted by Gasteiger charge is -2.29. The summed E-state index contributed by atoms with van der Waals surface area (Å²) in [6, 6.07) is 4.87. The van der Waals surface area contributed by atoms with Crippen LogP contribution in [0, 0.1) is 5.92 Å². The fourth-order valence-corrected chi connectivity index (χ4v) is 6.85. The van der Waals surface area contributed by atoms with E-state index in [9.17, 15) is 19.2 Å². The third-order valence-corrected chi connectivity index (χ3v) is 9.58. The van der Waals surface area contributed by atoms with Gasteiger partial charge in [0, 0.05) is 38.0 Å². The molecule has 0 bridgehead atoms. The van der Waals surface area contributed by atoms with Crippen molar-refractivity contribution in [1.82, 2.24) is 25.8 Å². The first-order valence-electron chi connectivity index (χ1n) is 17.2. The first-order valence-corrected chi connectivity index (χ1v) is 17.2. The molecular formula is C35H51N5O7. The van der Waals surface area contributed by atoms with Gasteiger partial charge in [-0.25, -0.2) is 9.59 Å². The summed E-state index contributed by atoms with van der Waals surface area (Å²) in [4.78, 5) is 57.4. The molecule has 1 aromatic rings. The Morgan fingerprint density at radius 1 is 1.13 bits per heavy atom. The van der Waals surface area contributed by atoms with Crippen LogP contribution in [-0.4, -0.2) is 96.8 Å². The zero-order valence-corrected chi connectivity index (χ0v) is 28.2. The quantitative estimate of drug-likeness (QED) is 0.209. The van der Waals surface area contributed by atoms with E-state index in [-0.39, 0.29) is 31.4 Å². The van der Waals surface area contributed by atoms with E-state index in [1.165, 1.54) is 4.90 Å². The van der Waals surface area contributed by atoms with Gasteiger partial charge in [-0.1, -0.05) is 44.9 Å². The fourth-order valence-electron chi connectivity index (χ4n) is 6.85. The Morgan fingerprint density at radius 3 is 2.70 bits per heavy atom. The molecule has 2 fully saturated rings. The van der Waals surface area contributed by atoms with Crippen molar-refractivity contribution in [3.63, 3.8) is 0 Å². The zero-order chi connectivity index (χ0) is 33.6. The molecule has 5 rings (SSSR count). The molecule has 3 heterocycles. The minimum absolute atomic E-state index is 0.0970. The van der Waals surface area contributed by atoms with Gasteiger partial charge in [-0.2, -0.15) is 0 Å². The highest BCUT2D eigenvalue weighted by molar-refractivity contribution is 5.96. The van der Waals surface area contributed by atoms with Crippen molar-refractivity contribution < 1.29 is 33.4 Å². The molecular weight excluding hydrogens is 602 g/mol. The third kappa shape index (κ3) is 8.27. The second-order valence-electron chi connectivity index (χ2n) is 13.4. The first-order chi connectivity index (χ1) is 22.6. The van der Waals surface area contributed by atoms with Crippen LogP contribution >= 0.6 is 0 Å². The first kappa shape index (κ1) is 34.7. The Balaban J connectivity index is 1.26. The van der Waals surface area contributed by atoms with E-state index in [1.54, 1.807) is 18.9 Å². The molecule has 0 aromatic heterocycles. The minimum Gasteiger partial charge on any atom is -0.492 e. The monoisotopic (exact) mass is 653 g/mol. The Kier molecular flexibility index (Phi) is 11.4. The Hall–Kier alpha value is -3.64. The number of esters is 1. The summed E-state index contributed by atoms with van der Waals surface area (Å²) >= 11 is 0.